The summed E-state index contributed by atoms with van der Waals surface area (Å²) in [5, 5.41) is 0. The molecule has 4 rings (SSSR count). The van der Waals surface area contributed by atoms with Crippen LogP contribution in [0.25, 0.3) is 0 Å². The Morgan fingerprint density at radius 2 is 1.76 bits per heavy atom. The van der Waals surface area contributed by atoms with E-state index in [0.29, 0.717) is 30.9 Å². The molecule has 0 aromatic heterocycles. The second kappa shape index (κ2) is 7.85. The minimum Gasteiger partial charge on any atom is -0.398 e. The van der Waals surface area contributed by atoms with Crippen LogP contribution in [-0.2, 0) is 17.6 Å². The van der Waals surface area contributed by atoms with Gasteiger partial charge in [-0.1, -0.05) is 19.4 Å². The third-order valence-corrected chi connectivity index (χ3v) is 7.22. The number of nitrogen functional groups attached to an aromatic ring is 1. The summed E-state index contributed by atoms with van der Waals surface area (Å²) in [5.74, 6) is 0.140. The highest BCUT2D eigenvalue weighted by Gasteiger charge is 2.49. The fourth-order valence-electron chi connectivity index (χ4n) is 5.21. The van der Waals surface area contributed by atoms with E-state index < -0.39 is 0 Å². The Hall–Kier alpha value is -2.30. The number of nitrogens with two attached hydrogens (primary N) is 1. The van der Waals surface area contributed by atoms with Gasteiger partial charge in [-0.3, -0.25) is 9.59 Å². The lowest BCUT2D eigenvalue weighted by Crippen LogP contribution is -2.67. The van der Waals surface area contributed by atoms with Gasteiger partial charge in [0.15, 0.2) is 0 Å². The van der Waals surface area contributed by atoms with Crippen molar-refractivity contribution in [2.75, 3.05) is 25.4 Å². The molecular weight excluding hydrogens is 362 g/mol. The van der Waals surface area contributed by atoms with Crippen LogP contribution >= 0.6 is 0 Å². The van der Waals surface area contributed by atoms with Crippen LogP contribution in [0.3, 0.4) is 0 Å². The molecule has 0 unspecified atom stereocenters. The van der Waals surface area contributed by atoms with E-state index in [-0.39, 0.29) is 17.4 Å². The Labute approximate surface area is 173 Å². The van der Waals surface area contributed by atoms with Gasteiger partial charge in [0.1, 0.15) is 0 Å². The molecule has 0 atom stereocenters. The number of anilines is 1. The zero-order valence-electron chi connectivity index (χ0n) is 17.8. The number of rotatable bonds is 4. The second-order valence-electron chi connectivity index (χ2n) is 8.87. The van der Waals surface area contributed by atoms with Gasteiger partial charge in [0, 0.05) is 31.4 Å². The lowest BCUT2D eigenvalue weighted by molar-refractivity contribution is -0.141. The number of carbonyl (C=O) groups excluding carboxylic acids is 2. The average molecular weight is 396 g/mol. The highest BCUT2D eigenvalue weighted by molar-refractivity contribution is 6.00. The number of hydrogen-bond donors (Lipinski definition) is 1. The molecule has 1 spiro atoms. The topological polar surface area (TPSA) is 66.6 Å². The number of nitrogens with zero attached hydrogens (tertiary/aromatic N) is 2. The van der Waals surface area contributed by atoms with Crippen molar-refractivity contribution >= 4 is 17.5 Å². The molecule has 2 aliphatic carbocycles. The van der Waals surface area contributed by atoms with Crippen molar-refractivity contribution < 1.29 is 9.59 Å². The molecule has 5 heteroatoms. The maximum absolute atomic E-state index is 13.3. The highest BCUT2D eigenvalue weighted by Crippen LogP contribution is 2.41. The summed E-state index contributed by atoms with van der Waals surface area (Å²) >= 11 is 0. The summed E-state index contributed by atoms with van der Waals surface area (Å²) in [6, 6.07) is 4.01. The van der Waals surface area contributed by atoms with Crippen LogP contribution in [0.2, 0.25) is 0 Å². The first-order valence-corrected chi connectivity index (χ1v) is 11.2. The molecule has 29 heavy (non-hydrogen) atoms. The SMILES string of the molecule is CCC(=CC(=O)N1CCN(C(=O)c2cc3c(cc2N)CCC3)CC12CCC2)CC. The largest absolute Gasteiger partial charge is 0.398 e. The van der Waals surface area contributed by atoms with E-state index in [1.807, 2.05) is 28.0 Å². The van der Waals surface area contributed by atoms with Crippen LogP contribution in [0.5, 0.6) is 0 Å². The zero-order chi connectivity index (χ0) is 20.6. The Kier molecular flexibility index (Phi) is 5.41. The molecule has 1 saturated heterocycles. The smallest absolute Gasteiger partial charge is 0.256 e. The number of benzene rings is 1. The number of carbonyl (C=O) groups is 2. The average Bonchev–Trinajstić information content (AvgIpc) is 3.16. The number of aryl methyl sites for hydroxylation is 2. The number of hydrogen-bond acceptors (Lipinski definition) is 3. The molecule has 1 saturated carbocycles. The van der Waals surface area contributed by atoms with E-state index in [0.717, 1.165) is 51.4 Å². The first kappa shape index (κ1) is 20.0. The van der Waals surface area contributed by atoms with Gasteiger partial charge in [-0.25, -0.2) is 0 Å². The third-order valence-electron chi connectivity index (χ3n) is 7.22. The predicted octanol–water partition coefficient (Wildman–Crippen LogP) is 3.71. The van der Waals surface area contributed by atoms with E-state index in [2.05, 4.69) is 13.8 Å². The molecule has 3 aliphatic rings. The van der Waals surface area contributed by atoms with Gasteiger partial charge in [0.25, 0.3) is 5.91 Å². The fraction of sp³-hybridized carbons (Fsp3) is 0.583. The molecule has 2 fully saturated rings. The number of amides is 2. The minimum atomic E-state index is -0.195. The van der Waals surface area contributed by atoms with Crippen LogP contribution in [-0.4, -0.2) is 46.8 Å². The molecule has 5 nitrogen and oxygen atoms in total. The molecule has 156 valence electrons. The van der Waals surface area contributed by atoms with E-state index in [1.165, 1.54) is 16.7 Å². The second-order valence-corrected chi connectivity index (χ2v) is 8.87. The summed E-state index contributed by atoms with van der Waals surface area (Å²) < 4.78 is 0. The van der Waals surface area contributed by atoms with E-state index in [1.54, 1.807) is 0 Å². The number of allylic oxidation sites excluding steroid dienone is 1. The minimum absolute atomic E-state index is 0.0221. The number of fused-ring (bicyclic) bond motifs is 1. The Bertz CT molecular complexity index is 848. The van der Waals surface area contributed by atoms with Gasteiger partial charge in [-0.05, 0) is 74.6 Å². The Morgan fingerprint density at radius 3 is 2.38 bits per heavy atom. The fourth-order valence-corrected chi connectivity index (χ4v) is 5.21. The third kappa shape index (κ3) is 3.56. The number of piperazine rings is 1. The maximum atomic E-state index is 13.3. The van der Waals surface area contributed by atoms with Crippen molar-refractivity contribution in [1.82, 2.24) is 9.80 Å². The summed E-state index contributed by atoms with van der Waals surface area (Å²) in [4.78, 5) is 30.3. The van der Waals surface area contributed by atoms with Crippen molar-refractivity contribution in [1.29, 1.82) is 0 Å². The Morgan fingerprint density at radius 1 is 1.07 bits per heavy atom. The van der Waals surface area contributed by atoms with Gasteiger partial charge in [0.2, 0.25) is 5.91 Å². The molecule has 1 heterocycles. The predicted molar refractivity (Wildman–Crippen MR) is 116 cm³/mol. The van der Waals surface area contributed by atoms with Gasteiger partial charge >= 0.3 is 0 Å². The zero-order valence-corrected chi connectivity index (χ0v) is 17.8. The molecule has 2 N–H and O–H groups in total. The molecule has 2 amide bonds. The summed E-state index contributed by atoms with van der Waals surface area (Å²) in [6.07, 6.45) is 9.95. The van der Waals surface area contributed by atoms with Gasteiger partial charge in [0.05, 0.1) is 11.1 Å². The van der Waals surface area contributed by atoms with Crippen LogP contribution < -0.4 is 5.73 Å². The van der Waals surface area contributed by atoms with Crippen molar-refractivity contribution in [2.24, 2.45) is 0 Å². The molecule has 1 aromatic rings. The quantitative estimate of drug-likeness (QED) is 0.624. The van der Waals surface area contributed by atoms with E-state index in [4.69, 9.17) is 5.73 Å². The molecule has 0 bridgehead atoms. The van der Waals surface area contributed by atoms with Gasteiger partial charge in [-0.15, -0.1) is 0 Å². The van der Waals surface area contributed by atoms with E-state index in [9.17, 15) is 9.59 Å². The Balaban J connectivity index is 1.53. The standard InChI is InChI=1S/C24H33N3O2/c1-3-17(4-2)13-22(28)27-12-11-26(16-24(27)9-6-10-24)23(29)20-14-18-7-5-8-19(18)15-21(20)25/h13-15H,3-12,16,25H2,1-2H3. The normalized spacial score (nSPS) is 19.7. The molecular formula is C24H33N3O2. The van der Waals surface area contributed by atoms with Gasteiger partial charge in [-0.2, -0.15) is 0 Å². The summed E-state index contributed by atoms with van der Waals surface area (Å²) in [6.45, 7) is 5.99. The van der Waals surface area contributed by atoms with Crippen molar-refractivity contribution in [3.05, 3.63) is 40.5 Å². The van der Waals surface area contributed by atoms with E-state index >= 15 is 0 Å². The lowest BCUT2D eigenvalue weighted by atomic mass is 9.73. The molecule has 1 aromatic carbocycles. The molecule has 1 aliphatic heterocycles. The highest BCUT2D eigenvalue weighted by atomic mass is 16.2. The summed E-state index contributed by atoms with van der Waals surface area (Å²) in [7, 11) is 0. The first-order valence-electron chi connectivity index (χ1n) is 11.2. The first-order chi connectivity index (χ1) is 14.0. The summed E-state index contributed by atoms with van der Waals surface area (Å²) in [5.41, 5.74) is 11.0. The van der Waals surface area contributed by atoms with Crippen molar-refractivity contribution in [2.45, 2.75) is 70.8 Å². The van der Waals surface area contributed by atoms with Crippen molar-refractivity contribution in [3.8, 4) is 0 Å². The maximum Gasteiger partial charge on any atom is 0.256 e. The molecule has 0 radical (unpaired) electrons. The van der Waals surface area contributed by atoms with Gasteiger partial charge < -0.3 is 15.5 Å². The van der Waals surface area contributed by atoms with Crippen LogP contribution in [0, 0.1) is 0 Å². The van der Waals surface area contributed by atoms with Crippen LogP contribution in [0.1, 0.15) is 73.9 Å². The lowest BCUT2D eigenvalue weighted by Gasteiger charge is -2.55. The van der Waals surface area contributed by atoms with Crippen LogP contribution in [0.4, 0.5) is 5.69 Å². The monoisotopic (exact) mass is 395 g/mol. The van der Waals surface area contributed by atoms with Crippen LogP contribution in [0.15, 0.2) is 23.8 Å². The van der Waals surface area contributed by atoms with Crippen molar-refractivity contribution in [3.63, 3.8) is 0 Å².